The molecule has 0 saturated heterocycles. The van der Waals surface area contributed by atoms with Gasteiger partial charge >= 0.3 is 0 Å². The van der Waals surface area contributed by atoms with Crippen LogP contribution in [0.25, 0.3) is 17.4 Å². The van der Waals surface area contributed by atoms with E-state index in [1.807, 2.05) is 36.4 Å². The van der Waals surface area contributed by atoms with Crippen LogP contribution in [0.4, 0.5) is 5.69 Å². The molecule has 2 N–H and O–H groups in total. The molecule has 0 fully saturated rings. The van der Waals surface area contributed by atoms with Crippen molar-refractivity contribution in [1.29, 1.82) is 5.26 Å². The second-order valence-corrected chi connectivity index (χ2v) is 5.21. The van der Waals surface area contributed by atoms with Crippen molar-refractivity contribution in [1.82, 2.24) is 0 Å². The summed E-state index contributed by atoms with van der Waals surface area (Å²) in [4.78, 5) is 12.2. The summed E-state index contributed by atoms with van der Waals surface area (Å²) in [5.41, 5.74) is 1.01. The van der Waals surface area contributed by atoms with Crippen LogP contribution < -0.4 is 5.32 Å². The molecule has 1 amide bonds. The molecular weight excluding hydrogens is 316 g/mol. The minimum absolute atomic E-state index is 0.0718. The maximum Gasteiger partial charge on any atom is 0.266 e. The number of benzene rings is 2. The molecular formula is C20H14N2O3. The highest BCUT2D eigenvalue weighted by atomic mass is 16.3. The normalized spacial score (nSPS) is 10.9. The first kappa shape index (κ1) is 16.1. The molecule has 25 heavy (non-hydrogen) atoms. The van der Waals surface area contributed by atoms with Gasteiger partial charge in [0.25, 0.3) is 5.91 Å². The van der Waals surface area contributed by atoms with Crippen LogP contribution in [0.1, 0.15) is 5.76 Å². The molecule has 0 aliphatic rings. The number of phenols is 1. The van der Waals surface area contributed by atoms with Crippen LogP contribution in [0, 0.1) is 11.3 Å². The van der Waals surface area contributed by atoms with Gasteiger partial charge in [0.1, 0.15) is 28.9 Å². The molecule has 5 nitrogen and oxygen atoms in total. The average Bonchev–Trinajstić information content (AvgIpc) is 3.11. The molecule has 0 aliphatic carbocycles. The van der Waals surface area contributed by atoms with Crippen LogP contribution in [0.15, 0.2) is 76.7 Å². The van der Waals surface area contributed by atoms with Crippen LogP contribution >= 0.6 is 0 Å². The molecule has 122 valence electrons. The van der Waals surface area contributed by atoms with E-state index in [1.165, 1.54) is 12.1 Å². The molecule has 0 atom stereocenters. The largest absolute Gasteiger partial charge is 0.506 e. The van der Waals surface area contributed by atoms with E-state index in [0.29, 0.717) is 11.5 Å². The molecule has 0 bridgehead atoms. The fraction of sp³-hybridized carbons (Fsp3) is 0. The molecule has 0 spiro atoms. The first-order chi connectivity index (χ1) is 12.2. The minimum Gasteiger partial charge on any atom is -0.506 e. The van der Waals surface area contributed by atoms with Gasteiger partial charge in [0.15, 0.2) is 0 Å². The van der Waals surface area contributed by atoms with Gasteiger partial charge in [-0.2, -0.15) is 5.26 Å². The summed E-state index contributed by atoms with van der Waals surface area (Å²) in [6.45, 7) is 0. The number of nitrogens with one attached hydrogen (secondary N) is 1. The van der Waals surface area contributed by atoms with E-state index in [4.69, 9.17) is 4.42 Å². The molecule has 1 heterocycles. The van der Waals surface area contributed by atoms with Gasteiger partial charge in [-0.1, -0.05) is 42.5 Å². The summed E-state index contributed by atoms with van der Waals surface area (Å²) in [5, 5.41) is 21.4. The maximum absolute atomic E-state index is 12.2. The lowest BCUT2D eigenvalue weighted by atomic mass is 10.2. The van der Waals surface area contributed by atoms with Crippen molar-refractivity contribution in [2.75, 3.05) is 5.32 Å². The van der Waals surface area contributed by atoms with Crippen molar-refractivity contribution in [2.24, 2.45) is 0 Å². The lowest BCUT2D eigenvalue weighted by Gasteiger charge is -2.05. The first-order valence-electron chi connectivity index (χ1n) is 7.54. The van der Waals surface area contributed by atoms with E-state index in [-0.39, 0.29) is 17.0 Å². The number of nitriles is 1. The third-order valence-electron chi connectivity index (χ3n) is 3.49. The van der Waals surface area contributed by atoms with Gasteiger partial charge < -0.3 is 14.8 Å². The number of hydrogen-bond donors (Lipinski definition) is 2. The Morgan fingerprint density at radius 2 is 1.76 bits per heavy atom. The highest BCUT2D eigenvalue weighted by Crippen LogP contribution is 2.24. The fourth-order valence-corrected chi connectivity index (χ4v) is 2.25. The van der Waals surface area contributed by atoms with E-state index < -0.39 is 5.91 Å². The van der Waals surface area contributed by atoms with E-state index in [9.17, 15) is 15.2 Å². The van der Waals surface area contributed by atoms with Gasteiger partial charge in [0, 0.05) is 11.6 Å². The Kier molecular flexibility index (Phi) is 4.63. The molecule has 0 aliphatic heterocycles. The number of rotatable bonds is 4. The van der Waals surface area contributed by atoms with Gasteiger partial charge in [-0.05, 0) is 24.3 Å². The number of amides is 1. The van der Waals surface area contributed by atoms with Crippen molar-refractivity contribution in [3.05, 3.63) is 78.1 Å². The number of carbonyl (C=O) groups excluding carboxylic acids is 1. The number of phenolic OH excluding ortho intramolecular Hbond substituents is 1. The Hall–Kier alpha value is -3.78. The number of nitrogens with zero attached hydrogens (tertiary/aromatic N) is 1. The van der Waals surface area contributed by atoms with Gasteiger partial charge in [0.2, 0.25) is 0 Å². The van der Waals surface area contributed by atoms with Gasteiger partial charge in [-0.3, -0.25) is 4.79 Å². The van der Waals surface area contributed by atoms with E-state index in [0.717, 1.165) is 5.56 Å². The SMILES string of the molecule is N#C/C(=C\c1ccc(-c2ccccc2)o1)C(=O)Nc1ccccc1O. The monoisotopic (exact) mass is 330 g/mol. The summed E-state index contributed by atoms with van der Waals surface area (Å²) < 4.78 is 5.67. The summed E-state index contributed by atoms with van der Waals surface area (Å²) >= 11 is 0. The standard InChI is InChI=1S/C20H14N2O3/c21-13-15(20(24)22-17-8-4-5-9-18(17)23)12-16-10-11-19(25-16)14-6-2-1-3-7-14/h1-12,23H,(H,22,24)/b15-12+. The molecule has 1 aromatic heterocycles. The zero-order valence-electron chi connectivity index (χ0n) is 13.1. The Morgan fingerprint density at radius 1 is 1.04 bits per heavy atom. The third-order valence-corrected chi connectivity index (χ3v) is 3.49. The summed E-state index contributed by atoms with van der Waals surface area (Å²) in [6.07, 6.45) is 1.36. The number of carbonyl (C=O) groups is 1. The number of hydrogen-bond acceptors (Lipinski definition) is 4. The molecule has 0 saturated carbocycles. The molecule has 0 unspecified atom stereocenters. The van der Waals surface area contributed by atoms with E-state index in [1.54, 1.807) is 30.3 Å². The van der Waals surface area contributed by atoms with Gasteiger partial charge in [-0.15, -0.1) is 0 Å². The third kappa shape index (κ3) is 3.77. The molecule has 3 rings (SSSR count). The van der Waals surface area contributed by atoms with Crippen LogP contribution in [0.3, 0.4) is 0 Å². The summed E-state index contributed by atoms with van der Waals surface area (Å²) in [5.74, 6) is 0.340. The van der Waals surface area contributed by atoms with E-state index in [2.05, 4.69) is 5.32 Å². The molecule has 2 aromatic carbocycles. The van der Waals surface area contributed by atoms with Crippen molar-refractivity contribution in [3.8, 4) is 23.1 Å². The first-order valence-corrected chi connectivity index (χ1v) is 7.54. The van der Waals surface area contributed by atoms with Crippen LogP contribution in [0.2, 0.25) is 0 Å². The van der Waals surface area contributed by atoms with Crippen LogP contribution in [0.5, 0.6) is 5.75 Å². The Balaban J connectivity index is 1.81. The quantitative estimate of drug-likeness (QED) is 0.426. The lowest BCUT2D eigenvalue weighted by Crippen LogP contribution is -2.13. The zero-order valence-corrected chi connectivity index (χ0v) is 13.1. The highest BCUT2D eigenvalue weighted by Gasteiger charge is 2.13. The molecule has 0 radical (unpaired) electrons. The number of anilines is 1. The van der Waals surface area contributed by atoms with Crippen molar-refractivity contribution in [3.63, 3.8) is 0 Å². The Labute approximate surface area is 144 Å². The number of aromatic hydroxyl groups is 1. The van der Waals surface area contributed by atoms with Crippen LogP contribution in [-0.4, -0.2) is 11.0 Å². The van der Waals surface area contributed by atoms with Crippen molar-refractivity contribution in [2.45, 2.75) is 0 Å². The topological polar surface area (TPSA) is 86.3 Å². The fourth-order valence-electron chi connectivity index (χ4n) is 2.25. The second-order valence-electron chi connectivity index (χ2n) is 5.21. The summed E-state index contributed by atoms with van der Waals surface area (Å²) in [7, 11) is 0. The number of furan rings is 1. The molecule has 5 heteroatoms. The zero-order chi connectivity index (χ0) is 17.6. The second kappa shape index (κ2) is 7.20. The van der Waals surface area contributed by atoms with E-state index >= 15 is 0 Å². The van der Waals surface area contributed by atoms with Crippen molar-refractivity contribution >= 4 is 17.7 Å². The predicted octanol–water partition coefficient (Wildman–Crippen LogP) is 4.20. The smallest absolute Gasteiger partial charge is 0.266 e. The Morgan fingerprint density at radius 3 is 2.48 bits per heavy atom. The Bertz CT molecular complexity index is 966. The van der Waals surface area contributed by atoms with Crippen molar-refractivity contribution < 1.29 is 14.3 Å². The highest BCUT2D eigenvalue weighted by molar-refractivity contribution is 6.10. The predicted molar refractivity (Wildman–Crippen MR) is 94.5 cm³/mol. The maximum atomic E-state index is 12.2. The number of para-hydroxylation sites is 2. The van der Waals surface area contributed by atoms with Gasteiger partial charge in [-0.25, -0.2) is 0 Å². The molecule has 3 aromatic rings. The van der Waals surface area contributed by atoms with Gasteiger partial charge in [0.05, 0.1) is 5.69 Å². The minimum atomic E-state index is -0.623. The summed E-state index contributed by atoms with van der Waals surface area (Å²) in [6, 6.07) is 21.1. The lowest BCUT2D eigenvalue weighted by molar-refractivity contribution is -0.112. The van der Waals surface area contributed by atoms with Crippen LogP contribution in [-0.2, 0) is 4.79 Å². The average molecular weight is 330 g/mol.